The number of carbonyl (C=O) groups is 1. The highest BCUT2D eigenvalue weighted by atomic mass is 19.4. The first-order valence-corrected chi connectivity index (χ1v) is 3.63. The van der Waals surface area contributed by atoms with Crippen molar-refractivity contribution in [3.8, 4) is 0 Å². The molecule has 0 saturated heterocycles. The maximum absolute atomic E-state index is 12.3. The molecule has 1 aromatic rings. The van der Waals surface area contributed by atoms with E-state index in [4.69, 9.17) is 0 Å². The van der Waals surface area contributed by atoms with E-state index in [9.17, 15) is 18.0 Å². The summed E-state index contributed by atoms with van der Waals surface area (Å²) < 4.78 is 41.1. The van der Waals surface area contributed by atoms with E-state index in [1.807, 2.05) is 6.07 Å². The van der Waals surface area contributed by atoms with Gasteiger partial charge in [-0.1, -0.05) is 12.1 Å². The largest absolute Gasteiger partial charge is 0.465 e. The Morgan fingerprint density at radius 3 is 2.64 bits per heavy atom. The second-order valence-corrected chi connectivity index (χ2v) is 2.45. The zero-order valence-electron chi connectivity index (χ0n) is 7.18. The van der Waals surface area contributed by atoms with Crippen LogP contribution in [0.1, 0.15) is 15.9 Å². The average molecular weight is 203 g/mol. The lowest BCUT2D eigenvalue weighted by Gasteiger charge is -2.09. The molecule has 1 aromatic carbocycles. The maximum atomic E-state index is 12.3. The quantitative estimate of drug-likeness (QED) is 0.654. The van der Waals surface area contributed by atoms with Crippen LogP contribution in [0.15, 0.2) is 18.2 Å². The molecule has 0 aliphatic heterocycles. The first kappa shape index (κ1) is 10.6. The summed E-state index contributed by atoms with van der Waals surface area (Å²) in [7, 11) is 1.02. The van der Waals surface area contributed by atoms with Crippen molar-refractivity contribution in [2.24, 2.45) is 0 Å². The Kier molecular flexibility index (Phi) is 2.78. The van der Waals surface area contributed by atoms with Gasteiger partial charge in [-0.05, 0) is 12.1 Å². The number of methoxy groups -OCH3 is 1. The molecule has 14 heavy (non-hydrogen) atoms. The molecule has 0 aliphatic rings. The van der Waals surface area contributed by atoms with Crippen LogP contribution in [0.2, 0.25) is 0 Å². The summed E-state index contributed by atoms with van der Waals surface area (Å²) in [5, 5.41) is 0. The van der Waals surface area contributed by atoms with Crippen LogP contribution in [0, 0.1) is 6.07 Å². The van der Waals surface area contributed by atoms with Gasteiger partial charge in [0.25, 0.3) is 0 Å². The number of rotatable bonds is 1. The van der Waals surface area contributed by atoms with Crippen molar-refractivity contribution in [2.45, 2.75) is 6.18 Å². The molecular weight excluding hydrogens is 197 g/mol. The standard InChI is InChI=1S/C9H6F3O2/c1-14-8(13)6-4-2-3-5-7(6)9(10,11)12/h2-4H,1H3. The Labute approximate surface area is 78.3 Å². The summed E-state index contributed by atoms with van der Waals surface area (Å²) in [5.41, 5.74) is -1.63. The van der Waals surface area contributed by atoms with Gasteiger partial charge in [-0.25, -0.2) is 4.79 Å². The lowest BCUT2D eigenvalue weighted by molar-refractivity contribution is -0.138. The Hall–Kier alpha value is -1.52. The van der Waals surface area contributed by atoms with Gasteiger partial charge in [0.05, 0.1) is 18.2 Å². The molecule has 0 aromatic heterocycles. The minimum absolute atomic E-state index is 0.525. The van der Waals surface area contributed by atoms with Gasteiger partial charge in [0, 0.05) is 0 Å². The molecule has 0 aliphatic carbocycles. The second kappa shape index (κ2) is 3.69. The molecule has 0 N–H and O–H groups in total. The van der Waals surface area contributed by atoms with Gasteiger partial charge in [-0.2, -0.15) is 13.2 Å². The predicted molar refractivity (Wildman–Crippen MR) is 41.6 cm³/mol. The second-order valence-electron chi connectivity index (χ2n) is 2.45. The minimum Gasteiger partial charge on any atom is -0.465 e. The van der Waals surface area contributed by atoms with Crippen LogP contribution >= 0.6 is 0 Å². The SMILES string of the molecule is COC(=O)c1ccc[c]c1C(F)(F)F. The predicted octanol–water partition coefficient (Wildman–Crippen LogP) is 2.29. The number of halogens is 3. The van der Waals surface area contributed by atoms with Gasteiger partial charge in [-0.3, -0.25) is 0 Å². The molecule has 2 nitrogen and oxygen atoms in total. The Bertz CT molecular complexity index is 344. The molecule has 5 heteroatoms. The van der Waals surface area contributed by atoms with Crippen LogP contribution in [0.25, 0.3) is 0 Å². The lowest BCUT2D eigenvalue weighted by Crippen LogP contribution is -2.13. The lowest BCUT2D eigenvalue weighted by atomic mass is 10.1. The van der Waals surface area contributed by atoms with E-state index in [0.717, 1.165) is 19.2 Å². The first-order valence-electron chi connectivity index (χ1n) is 3.63. The molecule has 0 heterocycles. The van der Waals surface area contributed by atoms with Gasteiger partial charge in [0.15, 0.2) is 0 Å². The molecule has 75 valence electrons. The summed E-state index contributed by atoms with van der Waals surface area (Å²) in [4.78, 5) is 10.9. The van der Waals surface area contributed by atoms with E-state index < -0.39 is 23.3 Å². The van der Waals surface area contributed by atoms with Crippen LogP contribution in [0.5, 0.6) is 0 Å². The van der Waals surface area contributed by atoms with Gasteiger partial charge in [-0.15, -0.1) is 0 Å². The van der Waals surface area contributed by atoms with Gasteiger partial charge in [0.1, 0.15) is 0 Å². The van der Waals surface area contributed by atoms with E-state index in [1.54, 1.807) is 0 Å². The van der Waals surface area contributed by atoms with E-state index >= 15 is 0 Å². The van der Waals surface area contributed by atoms with E-state index in [2.05, 4.69) is 4.74 Å². The average Bonchev–Trinajstić information content (AvgIpc) is 2.15. The van der Waals surface area contributed by atoms with Crippen LogP contribution in [0.4, 0.5) is 13.2 Å². The number of benzene rings is 1. The van der Waals surface area contributed by atoms with Crippen molar-refractivity contribution >= 4 is 5.97 Å². The fourth-order valence-corrected chi connectivity index (χ4v) is 0.951. The van der Waals surface area contributed by atoms with E-state index in [1.165, 1.54) is 6.07 Å². The molecule has 0 spiro atoms. The molecule has 0 unspecified atom stereocenters. The van der Waals surface area contributed by atoms with Crippen molar-refractivity contribution in [3.63, 3.8) is 0 Å². The maximum Gasteiger partial charge on any atom is 0.417 e. The number of hydrogen-bond acceptors (Lipinski definition) is 2. The van der Waals surface area contributed by atoms with Crippen molar-refractivity contribution in [1.82, 2.24) is 0 Å². The summed E-state index contributed by atoms with van der Waals surface area (Å²) >= 11 is 0. The topological polar surface area (TPSA) is 26.3 Å². The summed E-state index contributed by atoms with van der Waals surface area (Å²) in [6, 6.07) is 5.40. The molecule has 0 fully saturated rings. The van der Waals surface area contributed by atoms with Crippen LogP contribution in [-0.4, -0.2) is 13.1 Å². The third-order valence-corrected chi connectivity index (χ3v) is 1.54. The molecular formula is C9H6F3O2. The van der Waals surface area contributed by atoms with Gasteiger partial charge < -0.3 is 4.74 Å². The monoisotopic (exact) mass is 203 g/mol. The van der Waals surface area contributed by atoms with Crippen molar-refractivity contribution in [2.75, 3.05) is 7.11 Å². The molecule has 0 amide bonds. The highest BCUT2D eigenvalue weighted by Crippen LogP contribution is 2.31. The van der Waals surface area contributed by atoms with E-state index in [-0.39, 0.29) is 0 Å². The molecule has 0 atom stereocenters. The Morgan fingerprint density at radius 1 is 1.50 bits per heavy atom. The van der Waals surface area contributed by atoms with Gasteiger partial charge in [0.2, 0.25) is 0 Å². The number of alkyl halides is 3. The van der Waals surface area contributed by atoms with Crippen LogP contribution in [-0.2, 0) is 10.9 Å². The fourth-order valence-electron chi connectivity index (χ4n) is 0.951. The normalized spacial score (nSPS) is 11.1. The Morgan fingerprint density at radius 2 is 2.14 bits per heavy atom. The number of carbonyl (C=O) groups excluding carboxylic acids is 1. The molecule has 1 rings (SSSR count). The van der Waals surface area contributed by atoms with Crippen molar-refractivity contribution in [3.05, 3.63) is 35.4 Å². The van der Waals surface area contributed by atoms with Crippen LogP contribution in [0.3, 0.4) is 0 Å². The zero-order valence-corrected chi connectivity index (χ0v) is 7.18. The summed E-state index contributed by atoms with van der Waals surface area (Å²) in [6.07, 6.45) is -4.59. The highest BCUT2D eigenvalue weighted by Gasteiger charge is 2.35. The first-order chi connectivity index (χ1) is 6.46. The summed E-state index contributed by atoms with van der Waals surface area (Å²) in [6.45, 7) is 0. The molecule has 0 bridgehead atoms. The smallest absolute Gasteiger partial charge is 0.417 e. The molecule has 1 radical (unpaired) electrons. The fraction of sp³-hybridized carbons (Fsp3) is 0.222. The van der Waals surface area contributed by atoms with Crippen LogP contribution < -0.4 is 0 Å². The number of hydrogen-bond donors (Lipinski definition) is 0. The Balaban J connectivity index is 3.23. The van der Waals surface area contributed by atoms with Crippen molar-refractivity contribution in [1.29, 1.82) is 0 Å². The van der Waals surface area contributed by atoms with E-state index in [0.29, 0.717) is 0 Å². The zero-order chi connectivity index (χ0) is 10.8. The third kappa shape index (κ3) is 2.04. The molecule has 0 saturated carbocycles. The highest BCUT2D eigenvalue weighted by molar-refractivity contribution is 5.91. The third-order valence-electron chi connectivity index (χ3n) is 1.54. The minimum atomic E-state index is -4.59. The van der Waals surface area contributed by atoms with Gasteiger partial charge >= 0.3 is 12.1 Å². The number of ether oxygens (including phenoxy) is 1. The summed E-state index contributed by atoms with van der Waals surface area (Å²) in [5.74, 6) is -1.02. The number of esters is 1. The van der Waals surface area contributed by atoms with Crippen molar-refractivity contribution < 1.29 is 22.7 Å².